The van der Waals surface area contributed by atoms with Crippen LogP contribution < -0.4 is 0 Å². The molecular formula is C13H26O3. The average molecular weight is 230 g/mol. The predicted molar refractivity (Wildman–Crippen MR) is 65.8 cm³/mol. The van der Waals surface area contributed by atoms with Gasteiger partial charge < -0.3 is 9.99 Å². The normalized spacial score (nSPS) is 15.4. The number of allylic oxidation sites excluding steroid dienone is 1. The van der Waals surface area contributed by atoms with Gasteiger partial charge in [0.15, 0.2) is 0 Å². The molecule has 3 nitrogen and oxygen atoms in total. The van der Waals surface area contributed by atoms with Crippen LogP contribution in [0, 0.1) is 5.41 Å². The monoisotopic (exact) mass is 230 g/mol. The minimum absolute atomic E-state index is 0.248. The summed E-state index contributed by atoms with van der Waals surface area (Å²) in [6.45, 7) is 12.0. The van der Waals surface area contributed by atoms with E-state index in [2.05, 4.69) is 20.8 Å². The van der Waals surface area contributed by atoms with Crippen LogP contribution in [0.15, 0.2) is 12.3 Å². The minimum Gasteiger partial charge on any atom is -0.390 e. The first kappa shape index (κ1) is 15.5. The zero-order chi connectivity index (χ0) is 12.8. The molecule has 16 heavy (non-hydrogen) atoms. The van der Waals surface area contributed by atoms with Crippen LogP contribution in [0.5, 0.6) is 0 Å². The molecule has 0 aromatic heterocycles. The summed E-state index contributed by atoms with van der Waals surface area (Å²) >= 11 is 0. The molecule has 0 saturated carbocycles. The van der Waals surface area contributed by atoms with E-state index in [1.165, 1.54) is 6.26 Å². The van der Waals surface area contributed by atoms with E-state index in [0.717, 1.165) is 6.42 Å². The Kier molecular flexibility index (Phi) is 6.05. The van der Waals surface area contributed by atoms with E-state index in [1.54, 1.807) is 13.8 Å². The fourth-order valence-electron chi connectivity index (χ4n) is 1.14. The SMILES string of the molecule is CCC(O)C(C)(C)OOC=CCC(C)(C)C. The summed E-state index contributed by atoms with van der Waals surface area (Å²) in [6.07, 6.45) is 4.50. The van der Waals surface area contributed by atoms with E-state index in [4.69, 9.17) is 9.78 Å². The van der Waals surface area contributed by atoms with Crippen LogP contribution in [0.2, 0.25) is 0 Å². The smallest absolute Gasteiger partial charge is 0.135 e. The van der Waals surface area contributed by atoms with Crippen molar-refractivity contribution in [2.45, 2.75) is 66.1 Å². The Morgan fingerprint density at radius 2 is 1.75 bits per heavy atom. The summed E-state index contributed by atoms with van der Waals surface area (Å²) in [5.41, 5.74) is -0.431. The predicted octanol–water partition coefficient (Wildman–Crippen LogP) is 3.43. The molecule has 0 aliphatic carbocycles. The first-order valence-corrected chi connectivity index (χ1v) is 5.86. The summed E-state index contributed by atoms with van der Waals surface area (Å²) in [6, 6.07) is 0. The summed E-state index contributed by atoms with van der Waals surface area (Å²) in [5, 5.41) is 9.64. The molecule has 96 valence electrons. The largest absolute Gasteiger partial charge is 0.390 e. The Morgan fingerprint density at radius 1 is 1.19 bits per heavy atom. The van der Waals surface area contributed by atoms with Crippen LogP contribution in [0.3, 0.4) is 0 Å². The fourth-order valence-corrected chi connectivity index (χ4v) is 1.14. The standard InChI is InChI=1S/C13H26O3/c1-7-11(14)13(5,6)16-15-10-8-9-12(2,3)4/h8,10-11,14H,7,9H2,1-6H3. The molecule has 3 heteroatoms. The topological polar surface area (TPSA) is 38.7 Å². The van der Waals surface area contributed by atoms with Crippen LogP contribution in [-0.2, 0) is 9.78 Å². The molecule has 0 saturated heterocycles. The van der Waals surface area contributed by atoms with Crippen LogP contribution in [0.25, 0.3) is 0 Å². The van der Waals surface area contributed by atoms with Crippen LogP contribution >= 0.6 is 0 Å². The molecule has 0 rings (SSSR count). The van der Waals surface area contributed by atoms with Gasteiger partial charge >= 0.3 is 0 Å². The van der Waals surface area contributed by atoms with Gasteiger partial charge in [0.1, 0.15) is 11.9 Å². The van der Waals surface area contributed by atoms with Gasteiger partial charge in [0.2, 0.25) is 0 Å². The van der Waals surface area contributed by atoms with E-state index in [0.29, 0.717) is 6.42 Å². The van der Waals surface area contributed by atoms with Crippen LogP contribution in [-0.4, -0.2) is 16.8 Å². The Bertz CT molecular complexity index is 214. The lowest BCUT2D eigenvalue weighted by molar-refractivity contribution is -0.336. The highest BCUT2D eigenvalue weighted by Gasteiger charge is 2.29. The van der Waals surface area contributed by atoms with Gasteiger partial charge in [-0.3, -0.25) is 0 Å². The molecule has 0 amide bonds. The molecule has 0 aliphatic heterocycles. The Balaban J connectivity index is 3.89. The van der Waals surface area contributed by atoms with Crippen molar-refractivity contribution in [2.75, 3.05) is 0 Å². The van der Waals surface area contributed by atoms with Crippen LogP contribution in [0.4, 0.5) is 0 Å². The molecule has 0 bridgehead atoms. The van der Waals surface area contributed by atoms with Crippen molar-refractivity contribution in [2.24, 2.45) is 5.41 Å². The second kappa shape index (κ2) is 6.26. The van der Waals surface area contributed by atoms with Crippen LogP contribution in [0.1, 0.15) is 54.4 Å². The Labute approximate surface area is 99.4 Å². The van der Waals surface area contributed by atoms with Gasteiger partial charge in [-0.05, 0) is 38.2 Å². The lowest BCUT2D eigenvalue weighted by atomic mass is 9.93. The molecule has 1 N–H and O–H groups in total. The second-order valence-corrected chi connectivity index (χ2v) is 5.84. The minimum atomic E-state index is -0.680. The second-order valence-electron chi connectivity index (χ2n) is 5.84. The molecule has 0 spiro atoms. The number of aliphatic hydroxyl groups excluding tert-OH is 1. The lowest BCUT2D eigenvalue weighted by Gasteiger charge is -2.27. The maximum atomic E-state index is 9.64. The van der Waals surface area contributed by atoms with E-state index in [-0.39, 0.29) is 5.41 Å². The van der Waals surface area contributed by atoms with Crippen molar-refractivity contribution < 1.29 is 14.9 Å². The molecule has 0 aliphatic rings. The maximum Gasteiger partial charge on any atom is 0.135 e. The summed E-state index contributed by atoms with van der Waals surface area (Å²) in [7, 11) is 0. The molecule has 0 heterocycles. The third-order valence-electron chi connectivity index (χ3n) is 2.33. The van der Waals surface area contributed by atoms with E-state index < -0.39 is 11.7 Å². The van der Waals surface area contributed by atoms with Crippen molar-refractivity contribution >= 4 is 0 Å². The molecule has 1 atom stereocenters. The molecule has 0 aromatic carbocycles. The van der Waals surface area contributed by atoms with Gasteiger partial charge in [-0.15, -0.1) is 0 Å². The van der Waals surface area contributed by atoms with Gasteiger partial charge in [0.25, 0.3) is 0 Å². The number of hydrogen-bond donors (Lipinski definition) is 1. The van der Waals surface area contributed by atoms with Crippen molar-refractivity contribution in [3.63, 3.8) is 0 Å². The lowest BCUT2D eigenvalue weighted by Crippen LogP contribution is -2.38. The highest BCUT2D eigenvalue weighted by Crippen LogP contribution is 2.20. The van der Waals surface area contributed by atoms with E-state index >= 15 is 0 Å². The van der Waals surface area contributed by atoms with E-state index in [1.807, 2.05) is 13.0 Å². The number of rotatable bonds is 6. The fraction of sp³-hybridized carbons (Fsp3) is 0.846. The molecule has 0 aromatic rings. The summed E-state index contributed by atoms with van der Waals surface area (Å²) < 4.78 is 0. The van der Waals surface area contributed by atoms with Gasteiger partial charge in [0.05, 0.1) is 6.10 Å². The van der Waals surface area contributed by atoms with Gasteiger partial charge in [-0.2, -0.15) is 4.89 Å². The first-order valence-electron chi connectivity index (χ1n) is 5.86. The molecule has 0 radical (unpaired) electrons. The number of aliphatic hydroxyl groups is 1. The van der Waals surface area contributed by atoms with Crippen molar-refractivity contribution in [3.05, 3.63) is 12.3 Å². The van der Waals surface area contributed by atoms with Crippen molar-refractivity contribution in [3.8, 4) is 0 Å². The van der Waals surface area contributed by atoms with E-state index in [9.17, 15) is 5.11 Å². The average Bonchev–Trinajstić information content (AvgIpc) is 2.14. The third-order valence-corrected chi connectivity index (χ3v) is 2.33. The van der Waals surface area contributed by atoms with Gasteiger partial charge in [-0.25, -0.2) is 0 Å². The molecule has 0 fully saturated rings. The maximum absolute atomic E-state index is 9.64. The highest BCUT2D eigenvalue weighted by atomic mass is 17.2. The summed E-state index contributed by atoms with van der Waals surface area (Å²) in [5.74, 6) is 0. The van der Waals surface area contributed by atoms with Crippen molar-refractivity contribution in [1.82, 2.24) is 0 Å². The number of hydrogen-bond acceptors (Lipinski definition) is 3. The highest BCUT2D eigenvalue weighted by molar-refractivity contribution is 4.80. The Morgan fingerprint density at radius 3 is 2.19 bits per heavy atom. The van der Waals surface area contributed by atoms with Gasteiger partial charge in [0, 0.05) is 0 Å². The molecule has 1 unspecified atom stereocenters. The summed E-state index contributed by atoms with van der Waals surface area (Å²) in [4.78, 5) is 10.1. The quantitative estimate of drug-likeness (QED) is 0.431. The van der Waals surface area contributed by atoms with Gasteiger partial charge in [-0.1, -0.05) is 27.7 Å². The third kappa shape index (κ3) is 6.85. The molecular weight excluding hydrogens is 204 g/mol. The first-order chi connectivity index (χ1) is 7.19. The van der Waals surface area contributed by atoms with Crippen molar-refractivity contribution in [1.29, 1.82) is 0 Å². The Hall–Kier alpha value is -0.540. The zero-order valence-electron chi connectivity index (χ0n) is 11.4. The zero-order valence-corrected chi connectivity index (χ0v) is 11.4.